The molecule has 4 heteroatoms. The second kappa shape index (κ2) is 11.6. The molecule has 0 saturated carbocycles. The molecule has 0 spiro atoms. The van der Waals surface area contributed by atoms with Crippen LogP contribution in [0.4, 0.5) is 0 Å². The van der Waals surface area contributed by atoms with Gasteiger partial charge in [0.25, 0.3) is 0 Å². The Morgan fingerprint density at radius 2 is 1.59 bits per heavy atom. The summed E-state index contributed by atoms with van der Waals surface area (Å²) in [5.41, 5.74) is 1.15. The van der Waals surface area contributed by atoms with Crippen LogP contribution in [0.2, 0.25) is 0 Å². The van der Waals surface area contributed by atoms with Crippen LogP contribution >= 0.6 is 7.60 Å². The molecular weight excluding hydrogens is 295 g/mol. The van der Waals surface area contributed by atoms with E-state index < -0.39 is 7.60 Å². The van der Waals surface area contributed by atoms with Crippen LogP contribution in [0.25, 0.3) is 6.08 Å². The third-order valence-electron chi connectivity index (χ3n) is 3.25. The lowest BCUT2D eigenvalue weighted by molar-refractivity contribution is 0.200. The Morgan fingerprint density at radius 3 is 2.14 bits per heavy atom. The summed E-state index contributed by atoms with van der Waals surface area (Å²) in [5, 5.41) is 0. The molecule has 0 bridgehead atoms. The molecule has 1 rings (SSSR count). The number of hydrogen-bond acceptors (Lipinski definition) is 3. The highest BCUT2D eigenvalue weighted by Crippen LogP contribution is 2.49. The summed E-state index contributed by atoms with van der Waals surface area (Å²) < 4.78 is 23.8. The van der Waals surface area contributed by atoms with E-state index in [0.717, 1.165) is 31.2 Å². The normalized spacial score (nSPS) is 12.1. The molecule has 0 aliphatic rings. The zero-order valence-electron chi connectivity index (χ0n) is 13.9. The number of unbranched alkanes of at least 4 members (excludes halogenated alkanes) is 2. The van der Waals surface area contributed by atoms with Crippen molar-refractivity contribution >= 4 is 13.7 Å². The molecule has 0 unspecified atom stereocenters. The molecule has 0 aliphatic carbocycles. The summed E-state index contributed by atoms with van der Waals surface area (Å²) in [6, 6.07) is 10.1. The SMILES string of the molecule is CCCCOP(=O)(CCC=Cc1ccccc1)OCCCC. The van der Waals surface area contributed by atoms with Crippen molar-refractivity contribution < 1.29 is 13.6 Å². The molecule has 0 radical (unpaired) electrons. The second-order valence-corrected chi connectivity index (χ2v) is 7.50. The monoisotopic (exact) mass is 324 g/mol. The summed E-state index contributed by atoms with van der Waals surface area (Å²) in [6.07, 6.45) is 9.12. The molecular formula is C18H29O3P. The number of benzene rings is 1. The van der Waals surface area contributed by atoms with Gasteiger partial charge in [0, 0.05) is 0 Å². The zero-order chi connectivity index (χ0) is 16.1. The third-order valence-corrected chi connectivity index (χ3v) is 5.21. The maximum absolute atomic E-state index is 12.7. The first kappa shape index (κ1) is 19.2. The van der Waals surface area contributed by atoms with Gasteiger partial charge in [-0.2, -0.15) is 0 Å². The Hall–Kier alpha value is -0.890. The molecule has 0 atom stereocenters. The Kier molecular flexibility index (Phi) is 10.1. The maximum atomic E-state index is 12.7. The van der Waals surface area contributed by atoms with Gasteiger partial charge in [0.15, 0.2) is 0 Å². The lowest BCUT2D eigenvalue weighted by Crippen LogP contribution is -2.02. The van der Waals surface area contributed by atoms with Gasteiger partial charge in [0.2, 0.25) is 0 Å². The molecule has 0 aromatic heterocycles. The van der Waals surface area contributed by atoms with Crippen LogP contribution in [0, 0.1) is 0 Å². The van der Waals surface area contributed by atoms with Crippen molar-refractivity contribution in [3.63, 3.8) is 0 Å². The molecule has 0 fully saturated rings. The van der Waals surface area contributed by atoms with Gasteiger partial charge in [-0.25, -0.2) is 0 Å². The average molecular weight is 324 g/mol. The van der Waals surface area contributed by atoms with E-state index >= 15 is 0 Å². The topological polar surface area (TPSA) is 35.5 Å². The molecule has 124 valence electrons. The largest absolute Gasteiger partial charge is 0.330 e. The Balaban J connectivity index is 2.45. The maximum Gasteiger partial charge on any atom is 0.330 e. The quantitative estimate of drug-likeness (QED) is 0.354. The molecule has 0 heterocycles. The highest BCUT2D eigenvalue weighted by atomic mass is 31.2. The third kappa shape index (κ3) is 8.53. The molecule has 1 aromatic carbocycles. The van der Waals surface area contributed by atoms with Crippen molar-refractivity contribution in [1.82, 2.24) is 0 Å². The molecule has 0 saturated heterocycles. The summed E-state index contributed by atoms with van der Waals surface area (Å²) in [7, 11) is -2.95. The lowest BCUT2D eigenvalue weighted by Gasteiger charge is -2.17. The highest BCUT2D eigenvalue weighted by Gasteiger charge is 2.23. The van der Waals surface area contributed by atoms with Crippen molar-refractivity contribution in [2.45, 2.75) is 46.0 Å². The Morgan fingerprint density at radius 1 is 1.00 bits per heavy atom. The minimum absolute atomic E-state index is 0.448. The minimum Gasteiger partial charge on any atom is -0.309 e. The standard InChI is InChI=1S/C18H29O3P/c1-3-5-15-20-22(19,21-16-6-4-2)17-11-10-14-18-12-8-7-9-13-18/h7-10,12-14H,3-6,11,15-17H2,1-2H3. The van der Waals surface area contributed by atoms with E-state index in [1.54, 1.807) is 0 Å². The number of allylic oxidation sites excluding steroid dienone is 1. The summed E-state index contributed by atoms with van der Waals surface area (Å²) in [6.45, 7) is 5.22. The average Bonchev–Trinajstić information content (AvgIpc) is 2.53. The number of rotatable bonds is 12. The van der Waals surface area contributed by atoms with Gasteiger partial charge in [-0.1, -0.05) is 69.2 Å². The highest BCUT2D eigenvalue weighted by molar-refractivity contribution is 7.53. The molecule has 3 nitrogen and oxygen atoms in total. The van der Waals surface area contributed by atoms with Crippen LogP contribution in [0.15, 0.2) is 36.4 Å². The van der Waals surface area contributed by atoms with Gasteiger partial charge in [0.05, 0.1) is 19.4 Å². The minimum atomic E-state index is -2.95. The summed E-state index contributed by atoms with van der Waals surface area (Å²) in [5.74, 6) is 0. The summed E-state index contributed by atoms with van der Waals surface area (Å²) >= 11 is 0. The van der Waals surface area contributed by atoms with Crippen LogP contribution in [-0.4, -0.2) is 19.4 Å². The van der Waals surface area contributed by atoms with E-state index in [-0.39, 0.29) is 0 Å². The van der Waals surface area contributed by atoms with Gasteiger partial charge >= 0.3 is 7.60 Å². The van der Waals surface area contributed by atoms with Crippen LogP contribution in [0.3, 0.4) is 0 Å². The Labute approximate surface area is 135 Å². The van der Waals surface area contributed by atoms with Crippen molar-refractivity contribution in [3.8, 4) is 0 Å². The first-order chi connectivity index (χ1) is 10.7. The number of hydrogen-bond donors (Lipinski definition) is 0. The van der Waals surface area contributed by atoms with E-state index in [4.69, 9.17) is 9.05 Å². The molecule has 0 aliphatic heterocycles. The van der Waals surface area contributed by atoms with Gasteiger partial charge in [-0.05, 0) is 24.8 Å². The van der Waals surface area contributed by atoms with Crippen molar-refractivity contribution in [1.29, 1.82) is 0 Å². The van der Waals surface area contributed by atoms with E-state index in [9.17, 15) is 4.57 Å². The zero-order valence-corrected chi connectivity index (χ0v) is 14.8. The molecule has 0 amide bonds. The van der Waals surface area contributed by atoms with E-state index in [1.807, 2.05) is 42.5 Å². The smallest absolute Gasteiger partial charge is 0.309 e. The van der Waals surface area contributed by atoms with E-state index in [0.29, 0.717) is 25.8 Å². The molecule has 1 aromatic rings. The Bertz CT molecular complexity index is 443. The summed E-state index contributed by atoms with van der Waals surface area (Å²) in [4.78, 5) is 0. The van der Waals surface area contributed by atoms with E-state index in [1.165, 1.54) is 0 Å². The first-order valence-electron chi connectivity index (χ1n) is 8.30. The molecule has 22 heavy (non-hydrogen) atoms. The van der Waals surface area contributed by atoms with Crippen LogP contribution in [0.5, 0.6) is 0 Å². The fourth-order valence-electron chi connectivity index (χ4n) is 1.88. The van der Waals surface area contributed by atoms with Gasteiger partial charge in [0.1, 0.15) is 0 Å². The van der Waals surface area contributed by atoms with Crippen LogP contribution < -0.4 is 0 Å². The van der Waals surface area contributed by atoms with Gasteiger partial charge in [-0.15, -0.1) is 0 Å². The van der Waals surface area contributed by atoms with Crippen LogP contribution in [-0.2, 0) is 13.6 Å². The second-order valence-electron chi connectivity index (χ2n) is 5.31. The van der Waals surface area contributed by atoms with Crippen molar-refractivity contribution in [3.05, 3.63) is 42.0 Å². The fourth-order valence-corrected chi connectivity index (χ4v) is 3.49. The van der Waals surface area contributed by atoms with E-state index in [2.05, 4.69) is 13.8 Å². The first-order valence-corrected chi connectivity index (χ1v) is 10.0. The predicted octanol–water partition coefficient (Wildman–Crippen LogP) is 5.92. The molecule has 0 N–H and O–H groups in total. The van der Waals surface area contributed by atoms with Gasteiger partial charge in [-0.3, -0.25) is 4.57 Å². The van der Waals surface area contributed by atoms with Crippen LogP contribution in [0.1, 0.15) is 51.5 Å². The predicted molar refractivity (Wildman–Crippen MR) is 94.3 cm³/mol. The lowest BCUT2D eigenvalue weighted by atomic mass is 10.2. The van der Waals surface area contributed by atoms with Gasteiger partial charge < -0.3 is 9.05 Å². The fraction of sp³-hybridized carbons (Fsp3) is 0.556. The van der Waals surface area contributed by atoms with Crippen molar-refractivity contribution in [2.24, 2.45) is 0 Å². The van der Waals surface area contributed by atoms with Crippen molar-refractivity contribution in [2.75, 3.05) is 19.4 Å².